The van der Waals surface area contributed by atoms with Gasteiger partial charge >= 0.3 is 11.9 Å². The summed E-state index contributed by atoms with van der Waals surface area (Å²) in [5.41, 5.74) is 0. The van der Waals surface area contributed by atoms with Crippen molar-refractivity contribution in [2.75, 3.05) is 20.8 Å². The molecule has 1 aliphatic rings. The average Bonchev–Trinajstić information content (AvgIpc) is 2.44. The van der Waals surface area contributed by atoms with Crippen LogP contribution in [0.2, 0.25) is 0 Å². The van der Waals surface area contributed by atoms with E-state index in [-0.39, 0.29) is 6.10 Å². The predicted octanol–water partition coefficient (Wildman–Crippen LogP) is 1.10. The van der Waals surface area contributed by atoms with Crippen LogP contribution in [0.3, 0.4) is 0 Å². The van der Waals surface area contributed by atoms with Gasteiger partial charge in [-0.2, -0.15) is 0 Å². The number of carbonyl (C=O) groups excluding carboxylic acids is 2. The van der Waals surface area contributed by atoms with Crippen LogP contribution in [0.25, 0.3) is 0 Å². The molecule has 0 amide bonds. The van der Waals surface area contributed by atoms with Crippen molar-refractivity contribution in [1.29, 1.82) is 0 Å². The third-order valence-corrected chi connectivity index (χ3v) is 2.94. The van der Waals surface area contributed by atoms with Crippen LogP contribution in [0.15, 0.2) is 24.8 Å². The Morgan fingerprint density at radius 3 is 2.33 bits per heavy atom. The summed E-state index contributed by atoms with van der Waals surface area (Å²) in [4.78, 5) is 23.4. The van der Waals surface area contributed by atoms with Gasteiger partial charge in [0.25, 0.3) is 0 Å². The zero-order valence-electron chi connectivity index (χ0n) is 10.6. The Labute approximate surface area is 106 Å². The summed E-state index contributed by atoms with van der Waals surface area (Å²) in [6.45, 7) is 4.13. The van der Waals surface area contributed by atoms with Gasteiger partial charge in [-0.3, -0.25) is 9.59 Å². The molecular weight excluding hydrogens is 236 g/mol. The average molecular weight is 254 g/mol. The Morgan fingerprint density at radius 2 is 1.94 bits per heavy atom. The second kappa shape index (κ2) is 6.96. The molecule has 0 fully saturated rings. The Kier molecular flexibility index (Phi) is 5.58. The maximum atomic E-state index is 11.7. The summed E-state index contributed by atoms with van der Waals surface area (Å²) < 4.78 is 14.8. The topological polar surface area (TPSA) is 61.8 Å². The number of ether oxygens (including phenoxy) is 3. The van der Waals surface area contributed by atoms with Gasteiger partial charge in [-0.25, -0.2) is 0 Å². The first-order valence-electron chi connectivity index (χ1n) is 5.70. The van der Waals surface area contributed by atoms with E-state index in [9.17, 15) is 9.59 Å². The molecule has 18 heavy (non-hydrogen) atoms. The molecule has 2 atom stereocenters. The molecule has 2 unspecified atom stereocenters. The van der Waals surface area contributed by atoms with Crippen LogP contribution in [0.4, 0.5) is 0 Å². The molecule has 5 nitrogen and oxygen atoms in total. The standard InChI is InChI=1S/C13H18O5/c1-4-9(10-7-5-6-8-18-10)11(12(14)16-2)13(15)17-3/h4-6,9-11H,1,7-8H2,2-3H3. The molecule has 0 aromatic heterocycles. The van der Waals surface area contributed by atoms with E-state index >= 15 is 0 Å². The largest absolute Gasteiger partial charge is 0.468 e. The molecule has 0 radical (unpaired) electrons. The van der Waals surface area contributed by atoms with E-state index in [4.69, 9.17) is 4.74 Å². The second-order valence-electron chi connectivity index (χ2n) is 3.92. The van der Waals surface area contributed by atoms with Crippen LogP contribution < -0.4 is 0 Å². The molecule has 1 rings (SSSR count). The van der Waals surface area contributed by atoms with Crippen molar-refractivity contribution >= 4 is 11.9 Å². The van der Waals surface area contributed by atoms with Gasteiger partial charge in [-0.15, -0.1) is 6.58 Å². The summed E-state index contributed by atoms with van der Waals surface area (Å²) in [5, 5.41) is 0. The zero-order valence-corrected chi connectivity index (χ0v) is 10.6. The lowest BCUT2D eigenvalue weighted by atomic mass is 9.85. The number of rotatable bonds is 5. The lowest BCUT2D eigenvalue weighted by molar-refractivity contribution is -0.163. The summed E-state index contributed by atoms with van der Waals surface area (Å²) in [5.74, 6) is -2.77. The summed E-state index contributed by atoms with van der Waals surface area (Å²) in [6.07, 6.45) is 5.75. The highest BCUT2D eigenvalue weighted by Crippen LogP contribution is 2.26. The molecular formula is C13H18O5. The van der Waals surface area contributed by atoms with E-state index in [2.05, 4.69) is 16.1 Å². The van der Waals surface area contributed by atoms with Gasteiger partial charge in [0.2, 0.25) is 0 Å². The first-order valence-corrected chi connectivity index (χ1v) is 5.70. The Bertz CT molecular complexity index is 331. The van der Waals surface area contributed by atoms with E-state index in [1.807, 2.05) is 12.2 Å². The maximum absolute atomic E-state index is 11.7. The molecule has 0 aromatic rings. The Hall–Kier alpha value is -1.62. The van der Waals surface area contributed by atoms with Crippen LogP contribution in [0, 0.1) is 11.8 Å². The van der Waals surface area contributed by atoms with Gasteiger partial charge in [0.15, 0.2) is 5.92 Å². The van der Waals surface area contributed by atoms with Crippen LogP contribution in [-0.2, 0) is 23.8 Å². The van der Waals surface area contributed by atoms with E-state index in [1.54, 1.807) is 6.08 Å². The number of hydrogen-bond donors (Lipinski definition) is 0. The molecule has 0 aromatic carbocycles. The molecule has 1 aliphatic heterocycles. The normalized spacial score (nSPS) is 20.3. The number of esters is 2. The summed E-state index contributed by atoms with van der Waals surface area (Å²) in [6, 6.07) is 0. The zero-order chi connectivity index (χ0) is 13.5. The Balaban J connectivity index is 2.92. The maximum Gasteiger partial charge on any atom is 0.320 e. The molecule has 0 spiro atoms. The lowest BCUT2D eigenvalue weighted by Gasteiger charge is -2.29. The Morgan fingerprint density at radius 1 is 1.33 bits per heavy atom. The minimum atomic E-state index is -1.03. The molecule has 0 saturated heterocycles. The van der Waals surface area contributed by atoms with Crippen LogP contribution in [0.5, 0.6) is 0 Å². The van der Waals surface area contributed by atoms with Gasteiger partial charge in [-0.1, -0.05) is 18.2 Å². The highest BCUT2D eigenvalue weighted by molar-refractivity contribution is 5.95. The fourth-order valence-electron chi connectivity index (χ4n) is 1.98. The third kappa shape index (κ3) is 3.20. The van der Waals surface area contributed by atoms with Gasteiger partial charge in [-0.05, 0) is 6.42 Å². The molecule has 1 heterocycles. The van der Waals surface area contributed by atoms with E-state index in [1.165, 1.54) is 14.2 Å². The minimum Gasteiger partial charge on any atom is -0.468 e. The number of carbonyl (C=O) groups is 2. The third-order valence-electron chi connectivity index (χ3n) is 2.94. The monoisotopic (exact) mass is 254 g/mol. The van der Waals surface area contributed by atoms with E-state index in [0.717, 1.165) is 0 Å². The minimum absolute atomic E-state index is 0.268. The van der Waals surface area contributed by atoms with Gasteiger partial charge in [0, 0.05) is 5.92 Å². The highest BCUT2D eigenvalue weighted by atomic mass is 16.5. The first-order chi connectivity index (χ1) is 8.65. The summed E-state index contributed by atoms with van der Waals surface area (Å²) >= 11 is 0. The SMILES string of the molecule is C=CC(C1CC=CCO1)C(C(=O)OC)C(=O)OC. The molecule has 5 heteroatoms. The van der Waals surface area contributed by atoms with Crippen LogP contribution in [0.1, 0.15) is 6.42 Å². The van der Waals surface area contributed by atoms with Crippen molar-refractivity contribution in [1.82, 2.24) is 0 Å². The number of hydrogen-bond acceptors (Lipinski definition) is 5. The first kappa shape index (κ1) is 14.4. The van der Waals surface area contributed by atoms with Crippen molar-refractivity contribution in [3.63, 3.8) is 0 Å². The summed E-state index contributed by atoms with van der Waals surface area (Å²) in [7, 11) is 2.47. The molecule has 0 aliphatic carbocycles. The van der Waals surface area contributed by atoms with Gasteiger partial charge in [0.05, 0.1) is 26.9 Å². The molecule has 100 valence electrons. The van der Waals surface area contributed by atoms with Crippen molar-refractivity contribution in [3.8, 4) is 0 Å². The van der Waals surface area contributed by atoms with Crippen molar-refractivity contribution < 1.29 is 23.8 Å². The molecule has 0 N–H and O–H groups in total. The van der Waals surface area contributed by atoms with E-state index in [0.29, 0.717) is 13.0 Å². The highest BCUT2D eigenvalue weighted by Gasteiger charge is 2.40. The lowest BCUT2D eigenvalue weighted by Crippen LogP contribution is -2.40. The van der Waals surface area contributed by atoms with Gasteiger partial charge < -0.3 is 14.2 Å². The van der Waals surface area contributed by atoms with Crippen LogP contribution in [-0.4, -0.2) is 38.9 Å². The number of methoxy groups -OCH3 is 2. The smallest absolute Gasteiger partial charge is 0.320 e. The van der Waals surface area contributed by atoms with Crippen molar-refractivity contribution in [2.45, 2.75) is 12.5 Å². The molecule has 0 bridgehead atoms. The van der Waals surface area contributed by atoms with Gasteiger partial charge in [0.1, 0.15) is 0 Å². The van der Waals surface area contributed by atoms with Crippen molar-refractivity contribution in [2.24, 2.45) is 11.8 Å². The second-order valence-corrected chi connectivity index (χ2v) is 3.92. The predicted molar refractivity (Wildman–Crippen MR) is 64.7 cm³/mol. The van der Waals surface area contributed by atoms with Crippen LogP contribution >= 0.6 is 0 Å². The van der Waals surface area contributed by atoms with E-state index < -0.39 is 23.8 Å². The molecule has 0 saturated carbocycles. The quantitative estimate of drug-likeness (QED) is 0.417. The van der Waals surface area contributed by atoms with Crippen molar-refractivity contribution in [3.05, 3.63) is 24.8 Å². The fourth-order valence-corrected chi connectivity index (χ4v) is 1.98. The fraction of sp³-hybridized carbons (Fsp3) is 0.538.